The number of benzene rings is 1. The first-order chi connectivity index (χ1) is 17.4. The molecule has 0 aliphatic carbocycles. The number of carbonyl (C=O) groups is 3. The molecule has 220 valence electrons. The molecule has 1 rings (SSSR count). The van der Waals surface area contributed by atoms with E-state index in [1.165, 1.54) is 0 Å². The van der Waals surface area contributed by atoms with Crippen LogP contribution in [0.15, 0.2) is 30.3 Å². The van der Waals surface area contributed by atoms with Gasteiger partial charge in [0.15, 0.2) is 0 Å². The standard InChI is InChI=1S/C18H31N3O2S.2C2HF3O2/c1-3-13(2)17(20-10-15(19)12-24)18(23)21-16(11-22)9-14-7-5-4-6-8-14;2*3-2(4,5)1(6)7/h4-8,13,15-17,20,22,24H,3,9-12,19H2,1-2H3,(H,21,23);2*(H,6,7)/t13-,15?,16-,17+;;/m0../s1. The average Bonchev–Trinajstić information content (AvgIpc) is 2.83. The molecule has 0 aromatic heterocycles. The van der Waals surface area contributed by atoms with Crippen LogP contribution in [0.1, 0.15) is 25.8 Å². The van der Waals surface area contributed by atoms with Gasteiger partial charge < -0.3 is 31.7 Å². The third-order valence-corrected chi connectivity index (χ3v) is 5.18. The summed E-state index contributed by atoms with van der Waals surface area (Å²) in [6.07, 6.45) is -8.68. The minimum absolute atomic E-state index is 0.0919. The normalized spacial score (nSPS) is 14.4. The van der Waals surface area contributed by atoms with Crippen LogP contribution in [0.4, 0.5) is 26.3 Å². The number of aliphatic hydroxyl groups excluding tert-OH is 1. The third kappa shape index (κ3) is 17.8. The number of nitrogens with one attached hydrogen (secondary N) is 2. The summed E-state index contributed by atoms with van der Waals surface area (Å²) in [6.45, 7) is 4.53. The van der Waals surface area contributed by atoms with Crippen molar-refractivity contribution in [2.75, 3.05) is 18.9 Å². The molecule has 9 nitrogen and oxygen atoms in total. The zero-order chi connectivity index (χ0) is 30.1. The van der Waals surface area contributed by atoms with Crippen molar-refractivity contribution in [1.82, 2.24) is 10.6 Å². The number of amides is 1. The van der Waals surface area contributed by atoms with Gasteiger partial charge in [-0.15, -0.1) is 0 Å². The zero-order valence-electron chi connectivity index (χ0n) is 20.6. The van der Waals surface area contributed by atoms with Gasteiger partial charge in [-0.3, -0.25) is 4.79 Å². The predicted octanol–water partition coefficient (Wildman–Crippen LogP) is 2.23. The minimum Gasteiger partial charge on any atom is -0.475 e. The van der Waals surface area contributed by atoms with Crippen LogP contribution in [-0.4, -0.2) is 82.5 Å². The van der Waals surface area contributed by atoms with Crippen molar-refractivity contribution in [3.8, 4) is 0 Å². The number of nitrogens with two attached hydrogens (primary N) is 1. The van der Waals surface area contributed by atoms with E-state index in [0.29, 0.717) is 18.7 Å². The Balaban J connectivity index is 0. The molecule has 4 atom stereocenters. The first-order valence-corrected chi connectivity index (χ1v) is 11.7. The van der Waals surface area contributed by atoms with Crippen LogP contribution in [0, 0.1) is 5.92 Å². The number of carboxylic acid groups (broad SMARTS) is 2. The zero-order valence-corrected chi connectivity index (χ0v) is 21.5. The van der Waals surface area contributed by atoms with Gasteiger partial charge in [-0.25, -0.2) is 9.59 Å². The van der Waals surface area contributed by atoms with Gasteiger partial charge in [-0.2, -0.15) is 39.0 Å². The van der Waals surface area contributed by atoms with E-state index < -0.39 is 24.3 Å². The fourth-order valence-electron chi connectivity index (χ4n) is 2.48. The van der Waals surface area contributed by atoms with Gasteiger partial charge in [0.1, 0.15) is 0 Å². The van der Waals surface area contributed by atoms with Crippen molar-refractivity contribution in [2.24, 2.45) is 11.7 Å². The van der Waals surface area contributed by atoms with E-state index in [1.807, 2.05) is 37.3 Å². The Morgan fingerprint density at radius 1 is 1.00 bits per heavy atom. The van der Waals surface area contributed by atoms with Crippen LogP contribution in [0.5, 0.6) is 0 Å². The maximum atomic E-state index is 12.7. The molecule has 0 fully saturated rings. The second-order valence-corrected chi connectivity index (χ2v) is 8.26. The van der Waals surface area contributed by atoms with Gasteiger partial charge in [-0.1, -0.05) is 50.6 Å². The van der Waals surface area contributed by atoms with E-state index in [9.17, 15) is 36.2 Å². The molecule has 0 heterocycles. The van der Waals surface area contributed by atoms with Crippen molar-refractivity contribution in [2.45, 2.75) is 57.2 Å². The van der Waals surface area contributed by atoms with Crippen molar-refractivity contribution < 1.29 is 56.0 Å². The lowest BCUT2D eigenvalue weighted by atomic mass is 9.97. The van der Waals surface area contributed by atoms with Gasteiger partial charge in [-0.05, 0) is 17.9 Å². The molecule has 0 aliphatic rings. The van der Waals surface area contributed by atoms with Crippen LogP contribution in [-0.2, 0) is 20.8 Å². The highest BCUT2D eigenvalue weighted by atomic mass is 32.1. The Kier molecular flexibility index (Phi) is 18.5. The maximum absolute atomic E-state index is 12.7. The van der Waals surface area contributed by atoms with E-state index in [4.69, 9.17) is 25.5 Å². The molecule has 1 aromatic rings. The van der Waals surface area contributed by atoms with E-state index in [0.717, 1.165) is 12.0 Å². The van der Waals surface area contributed by atoms with Crippen LogP contribution in [0.2, 0.25) is 0 Å². The number of hydrogen-bond donors (Lipinski definition) is 7. The largest absolute Gasteiger partial charge is 0.490 e. The Morgan fingerprint density at radius 3 is 1.79 bits per heavy atom. The second kappa shape index (κ2) is 18.7. The predicted molar refractivity (Wildman–Crippen MR) is 130 cm³/mol. The van der Waals surface area contributed by atoms with Crippen LogP contribution < -0.4 is 16.4 Å². The summed E-state index contributed by atoms with van der Waals surface area (Å²) in [4.78, 5) is 30.5. The summed E-state index contributed by atoms with van der Waals surface area (Å²) < 4.78 is 63.5. The lowest BCUT2D eigenvalue weighted by Crippen LogP contribution is -2.54. The van der Waals surface area contributed by atoms with Gasteiger partial charge >= 0.3 is 24.3 Å². The minimum atomic E-state index is -5.08. The number of carbonyl (C=O) groups excluding carboxylic acids is 1. The smallest absolute Gasteiger partial charge is 0.475 e. The van der Waals surface area contributed by atoms with Crippen LogP contribution in [0.25, 0.3) is 0 Å². The van der Waals surface area contributed by atoms with Crippen LogP contribution >= 0.6 is 12.6 Å². The van der Waals surface area contributed by atoms with Crippen molar-refractivity contribution in [1.29, 1.82) is 0 Å². The SMILES string of the molecule is CC[C@H](C)[C@@H](NCC(N)CS)C(=O)N[C@H](CO)Cc1ccccc1.O=C(O)C(F)(F)F.O=C(O)C(F)(F)F. The molecule has 1 aromatic carbocycles. The number of alkyl halides is 6. The molecule has 1 unspecified atom stereocenters. The second-order valence-electron chi connectivity index (χ2n) is 7.90. The van der Waals surface area contributed by atoms with Crippen molar-refractivity contribution in [3.63, 3.8) is 0 Å². The number of halogens is 6. The summed E-state index contributed by atoms with van der Waals surface area (Å²) in [5.74, 6) is -4.87. The number of thiol groups is 1. The Hall–Kier alpha value is -2.56. The van der Waals surface area contributed by atoms with Crippen molar-refractivity contribution in [3.05, 3.63) is 35.9 Å². The van der Waals surface area contributed by atoms with E-state index >= 15 is 0 Å². The maximum Gasteiger partial charge on any atom is 0.490 e. The molecule has 0 radical (unpaired) electrons. The van der Waals surface area contributed by atoms with Gasteiger partial charge in [0.2, 0.25) is 5.91 Å². The fraction of sp³-hybridized carbons (Fsp3) is 0.591. The molecular weight excluding hydrogens is 548 g/mol. The van der Waals surface area contributed by atoms with Crippen LogP contribution in [0.3, 0.4) is 0 Å². The first-order valence-electron chi connectivity index (χ1n) is 11.1. The van der Waals surface area contributed by atoms with Crippen molar-refractivity contribution >= 4 is 30.5 Å². The lowest BCUT2D eigenvalue weighted by molar-refractivity contribution is -0.193. The summed E-state index contributed by atoms with van der Waals surface area (Å²) in [6, 6.07) is 9.12. The number of carboxylic acids is 2. The first kappa shape index (κ1) is 37.6. The number of hydrogen-bond acceptors (Lipinski definition) is 7. The Labute approximate surface area is 221 Å². The van der Waals surface area contributed by atoms with E-state index in [1.54, 1.807) is 0 Å². The molecule has 0 aliphatic heterocycles. The average molecular weight is 582 g/mol. The molecule has 16 heteroatoms. The highest BCUT2D eigenvalue weighted by Gasteiger charge is 2.38. The molecular formula is C22H33F6N3O6S. The number of aliphatic carboxylic acids is 2. The number of aliphatic hydroxyl groups is 1. The molecule has 0 saturated heterocycles. The van der Waals surface area contributed by atoms with Gasteiger partial charge in [0, 0.05) is 18.3 Å². The van der Waals surface area contributed by atoms with E-state index in [-0.39, 0.29) is 36.6 Å². The molecule has 1 amide bonds. The quantitative estimate of drug-likeness (QED) is 0.155. The topological polar surface area (TPSA) is 162 Å². The molecule has 0 saturated carbocycles. The highest BCUT2D eigenvalue weighted by Crippen LogP contribution is 2.14. The summed E-state index contributed by atoms with van der Waals surface area (Å²) in [7, 11) is 0. The summed E-state index contributed by atoms with van der Waals surface area (Å²) in [5.41, 5.74) is 6.97. The van der Waals surface area contributed by atoms with E-state index in [2.05, 4.69) is 30.2 Å². The summed E-state index contributed by atoms with van der Waals surface area (Å²) in [5, 5.41) is 30.1. The monoisotopic (exact) mass is 581 g/mol. The highest BCUT2D eigenvalue weighted by molar-refractivity contribution is 7.80. The summed E-state index contributed by atoms with van der Waals surface area (Å²) >= 11 is 4.17. The Bertz CT molecular complexity index is 806. The number of rotatable bonds is 11. The lowest BCUT2D eigenvalue weighted by Gasteiger charge is -2.27. The van der Waals surface area contributed by atoms with Gasteiger partial charge in [0.05, 0.1) is 18.7 Å². The molecule has 0 bridgehead atoms. The fourth-order valence-corrected chi connectivity index (χ4v) is 2.61. The van der Waals surface area contributed by atoms with Gasteiger partial charge in [0.25, 0.3) is 0 Å². The molecule has 38 heavy (non-hydrogen) atoms. The third-order valence-electron chi connectivity index (χ3n) is 4.71. The Morgan fingerprint density at radius 2 is 1.45 bits per heavy atom. The molecule has 7 N–H and O–H groups in total. The molecule has 0 spiro atoms.